The Morgan fingerprint density at radius 3 is 2.35 bits per heavy atom. The van der Waals surface area contributed by atoms with Crippen LogP contribution in [0.4, 0.5) is 10.1 Å². The van der Waals surface area contributed by atoms with Gasteiger partial charge in [-0.15, -0.1) is 0 Å². The molecular formula is C16H16FNO2. The number of carbonyl (C=O) groups is 1. The van der Waals surface area contributed by atoms with E-state index in [0.29, 0.717) is 11.3 Å². The van der Waals surface area contributed by atoms with E-state index >= 15 is 0 Å². The summed E-state index contributed by atoms with van der Waals surface area (Å²) in [4.78, 5) is 13.8. The third-order valence-electron chi connectivity index (χ3n) is 3.10. The molecule has 0 amide bonds. The summed E-state index contributed by atoms with van der Waals surface area (Å²) < 4.78 is 14.0. The zero-order chi connectivity index (χ0) is 14.7. The fraction of sp³-hybridized carbons (Fsp3) is 0.188. The van der Waals surface area contributed by atoms with E-state index in [-0.39, 0.29) is 5.56 Å². The van der Waals surface area contributed by atoms with Gasteiger partial charge in [-0.1, -0.05) is 36.4 Å². The summed E-state index contributed by atoms with van der Waals surface area (Å²) in [5, 5.41) is 10.0. The van der Waals surface area contributed by atoms with Crippen LogP contribution in [0.2, 0.25) is 0 Å². The Morgan fingerprint density at radius 2 is 1.80 bits per heavy atom. The minimum atomic E-state index is -1.49. The first-order chi connectivity index (χ1) is 9.50. The van der Waals surface area contributed by atoms with Crippen LogP contribution in [0.25, 0.3) is 0 Å². The highest BCUT2D eigenvalue weighted by atomic mass is 19.1. The number of carbonyl (C=O) groups excluding carboxylic acids is 1. The van der Waals surface area contributed by atoms with Gasteiger partial charge in [0.05, 0.1) is 0 Å². The highest BCUT2D eigenvalue weighted by molar-refractivity contribution is 5.99. The Hall–Kier alpha value is -2.20. The predicted molar refractivity (Wildman–Crippen MR) is 76.5 cm³/mol. The first kappa shape index (κ1) is 14.2. The molecule has 4 heteroatoms. The van der Waals surface area contributed by atoms with E-state index in [2.05, 4.69) is 0 Å². The quantitative estimate of drug-likeness (QED) is 0.871. The lowest BCUT2D eigenvalue weighted by molar-refractivity contribution is 0.0740. The van der Waals surface area contributed by atoms with Crippen LogP contribution in [-0.4, -0.2) is 25.0 Å². The molecule has 3 nitrogen and oxygen atoms in total. The van der Waals surface area contributed by atoms with Crippen LogP contribution in [0.5, 0.6) is 0 Å². The molecule has 20 heavy (non-hydrogen) atoms. The molecule has 1 N–H and O–H groups in total. The molecule has 0 aromatic heterocycles. The number of aliphatic hydroxyl groups is 1. The smallest absolute Gasteiger partial charge is 0.195 e. The highest BCUT2D eigenvalue weighted by Gasteiger charge is 2.22. The van der Waals surface area contributed by atoms with Crippen LogP contribution < -0.4 is 4.90 Å². The zero-order valence-electron chi connectivity index (χ0n) is 11.4. The number of Topliss-reactive ketones (excluding diaryl/α,β-unsaturated/α-hetero) is 1. The normalized spacial score (nSPS) is 12.0. The van der Waals surface area contributed by atoms with Crippen molar-refractivity contribution in [2.75, 3.05) is 19.0 Å². The summed E-state index contributed by atoms with van der Waals surface area (Å²) in [6, 6.07) is 12.8. The molecule has 104 valence electrons. The van der Waals surface area contributed by atoms with Crippen LogP contribution in [0, 0.1) is 5.82 Å². The molecule has 2 aromatic carbocycles. The Kier molecular flexibility index (Phi) is 4.15. The minimum absolute atomic E-state index is 0.00977. The molecule has 0 aliphatic carbocycles. The van der Waals surface area contributed by atoms with Gasteiger partial charge in [-0.2, -0.15) is 0 Å². The van der Waals surface area contributed by atoms with Crippen LogP contribution in [0.15, 0.2) is 48.5 Å². The molecule has 1 atom stereocenters. The average Bonchev–Trinajstić information content (AvgIpc) is 2.46. The molecule has 0 aliphatic heterocycles. The van der Waals surface area contributed by atoms with Crippen molar-refractivity contribution < 1.29 is 14.3 Å². The van der Waals surface area contributed by atoms with Gasteiger partial charge < -0.3 is 10.0 Å². The fourth-order valence-corrected chi connectivity index (χ4v) is 1.92. The van der Waals surface area contributed by atoms with Gasteiger partial charge in [0.15, 0.2) is 5.78 Å². The summed E-state index contributed by atoms with van der Waals surface area (Å²) in [6.07, 6.45) is -1.49. The number of aliphatic hydroxyl groups excluding tert-OH is 1. The first-order valence-electron chi connectivity index (χ1n) is 6.25. The van der Waals surface area contributed by atoms with Gasteiger partial charge in [-0.3, -0.25) is 4.79 Å². The second-order valence-corrected chi connectivity index (χ2v) is 4.73. The summed E-state index contributed by atoms with van der Waals surface area (Å²) in [7, 11) is 3.58. The lowest BCUT2D eigenvalue weighted by Crippen LogP contribution is -2.15. The van der Waals surface area contributed by atoms with Crippen molar-refractivity contribution in [3.8, 4) is 0 Å². The van der Waals surface area contributed by atoms with Crippen molar-refractivity contribution in [1.82, 2.24) is 0 Å². The number of halogens is 1. The van der Waals surface area contributed by atoms with E-state index in [1.54, 1.807) is 55.4 Å². The lowest BCUT2D eigenvalue weighted by atomic mass is 9.99. The van der Waals surface area contributed by atoms with Crippen LogP contribution in [0.1, 0.15) is 22.0 Å². The lowest BCUT2D eigenvalue weighted by Gasteiger charge is -2.16. The Balaban J connectivity index is 2.30. The average molecular weight is 273 g/mol. The van der Waals surface area contributed by atoms with Crippen molar-refractivity contribution in [3.63, 3.8) is 0 Å². The number of anilines is 1. The van der Waals surface area contributed by atoms with E-state index in [0.717, 1.165) is 0 Å². The second kappa shape index (κ2) is 5.84. The van der Waals surface area contributed by atoms with Crippen LogP contribution in [-0.2, 0) is 0 Å². The van der Waals surface area contributed by atoms with Crippen molar-refractivity contribution in [3.05, 3.63) is 65.5 Å². The maximum absolute atomic E-state index is 14.0. The number of ketones is 1. The topological polar surface area (TPSA) is 40.5 Å². The van der Waals surface area contributed by atoms with Gasteiger partial charge in [-0.25, -0.2) is 4.39 Å². The molecule has 0 heterocycles. The zero-order valence-corrected chi connectivity index (χ0v) is 11.4. The molecule has 0 radical (unpaired) electrons. The number of nitrogens with zero attached hydrogens (tertiary/aromatic N) is 1. The molecule has 0 fully saturated rings. The molecule has 2 rings (SSSR count). The van der Waals surface area contributed by atoms with Gasteiger partial charge in [0, 0.05) is 30.9 Å². The molecule has 0 spiro atoms. The number of rotatable bonds is 4. The molecule has 0 saturated heterocycles. The second-order valence-electron chi connectivity index (χ2n) is 4.73. The van der Waals surface area contributed by atoms with E-state index in [1.165, 1.54) is 12.1 Å². The molecular weight excluding hydrogens is 257 g/mol. The Morgan fingerprint density at radius 1 is 1.15 bits per heavy atom. The van der Waals surface area contributed by atoms with E-state index in [1.807, 2.05) is 0 Å². The highest BCUT2D eigenvalue weighted by Crippen LogP contribution is 2.24. The number of hydrogen-bond acceptors (Lipinski definition) is 3. The van der Waals surface area contributed by atoms with Gasteiger partial charge in [0.25, 0.3) is 0 Å². The molecule has 0 bridgehead atoms. The largest absolute Gasteiger partial charge is 0.380 e. The molecule has 2 aromatic rings. The van der Waals surface area contributed by atoms with Crippen molar-refractivity contribution in [2.24, 2.45) is 0 Å². The van der Waals surface area contributed by atoms with E-state index in [4.69, 9.17) is 0 Å². The third kappa shape index (κ3) is 2.86. The molecule has 0 aliphatic rings. The standard InChI is InChI=1S/C16H16FNO2/c1-18(2)12-8-9-13(14(17)10-12)16(20)15(19)11-6-4-3-5-7-11/h3-10,16,20H,1-2H3. The van der Waals surface area contributed by atoms with Gasteiger partial charge >= 0.3 is 0 Å². The predicted octanol–water partition coefficient (Wildman–Crippen LogP) is 2.81. The summed E-state index contributed by atoms with van der Waals surface area (Å²) in [5.74, 6) is -1.10. The minimum Gasteiger partial charge on any atom is -0.380 e. The first-order valence-corrected chi connectivity index (χ1v) is 6.25. The van der Waals surface area contributed by atoms with Gasteiger partial charge in [0.1, 0.15) is 11.9 Å². The van der Waals surface area contributed by atoms with Crippen molar-refractivity contribution >= 4 is 11.5 Å². The fourth-order valence-electron chi connectivity index (χ4n) is 1.92. The SMILES string of the molecule is CN(C)c1ccc(C(O)C(=O)c2ccccc2)c(F)c1. The van der Waals surface area contributed by atoms with Gasteiger partial charge in [-0.05, 0) is 12.1 Å². The van der Waals surface area contributed by atoms with E-state index < -0.39 is 17.7 Å². The van der Waals surface area contributed by atoms with Crippen LogP contribution >= 0.6 is 0 Å². The Labute approximate surface area is 117 Å². The Bertz CT molecular complexity index is 611. The monoisotopic (exact) mass is 273 g/mol. The molecule has 0 saturated carbocycles. The molecule has 1 unspecified atom stereocenters. The third-order valence-corrected chi connectivity index (χ3v) is 3.10. The number of benzene rings is 2. The van der Waals surface area contributed by atoms with E-state index in [9.17, 15) is 14.3 Å². The summed E-state index contributed by atoms with van der Waals surface area (Å²) in [5.41, 5.74) is 1.02. The van der Waals surface area contributed by atoms with Crippen LogP contribution in [0.3, 0.4) is 0 Å². The van der Waals surface area contributed by atoms with Crippen molar-refractivity contribution in [2.45, 2.75) is 6.10 Å². The van der Waals surface area contributed by atoms with Crippen molar-refractivity contribution in [1.29, 1.82) is 0 Å². The summed E-state index contributed by atoms with van der Waals surface area (Å²) >= 11 is 0. The summed E-state index contributed by atoms with van der Waals surface area (Å²) in [6.45, 7) is 0. The number of hydrogen-bond donors (Lipinski definition) is 1. The maximum atomic E-state index is 14.0. The van der Waals surface area contributed by atoms with Gasteiger partial charge in [0.2, 0.25) is 0 Å². The maximum Gasteiger partial charge on any atom is 0.195 e.